The van der Waals surface area contributed by atoms with Crippen molar-refractivity contribution in [2.45, 2.75) is 25.8 Å². The zero-order valence-electron chi connectivity index (χ0n) is 14.0. The molecule has 132 valence electrons. The van der Waals surface area contributed by atoms with Crippen LogP contribution < -0.4 is 16.0 Å². The number of thiophene rings is 1. The van der Waals surface area contributed by atoms with Gasteiger partial charge in [-0.05, 0) is 37.0 Å². The average molecular weight is 362 g/mol. The van der Waals surface area contributed by atoms with E-state index in [4.69, 9.17) is 5.73 Å². The molecule has 1 aliphatic rings. The van der Waals surface area contributed by atoms with Gasteiger partial charge in [-0.1, -0.05) is 12.1 Å². The van der Waals surface area contributed by atoms with E-state index in [1.165, 1.54) is 23.5 Å². The molecule has 4 N–H and O–H groups in total. The van der Waals surface area contributed by atoms with Crippen LogP contribution in [0.5, 0.6) is 0 Å². The number of nitrogens with two attached hydrogens (primary N) is 1. The van der Waals surface area contributed by atoms with Crippen LogP contribution in [0.1, 0.15) is 32.8 Å². The number of carbonyl (C=O) groups is 2. The van der Waals surface area contributed by atoms with Crippen molar-refractivity contribution >= 4 is 28.2 Å². The standard InChI is InChI=1S/C18H20FN3O2S/c1-22(9-11-5-7-12(19)8-6-11)10-15(23)21-18-16(17(20)24)13-3-2-4-14(13)25-18/h5-8H,2-4,9-10H2,1H3,(H2,20,24)(H,21,23)/p+1. The lowest BCUT2D eigenvalue weighted by Crippen LogP contribution is -3.08. The number of fused-ring (bicyclic) bond motifs is 1. The van der Waals surface area contributed by atoms with Crippen molar-refractivity contribution in [3.8, 4) is 0 Å². The molecule has 2 aromatic rings. The van der Waals surface area contributed by atoms with Gasteiger partial charge in [0, 0.05) is 10.4 Å². The molecule has 7 heteroatoms. The van der Waals surface area contributed by atoms with Crippen LogP contribution >= 0.6 is 11.3 Å². The number of rotatable bonds is 6. The molecule has 5 nitrogen and oxygen atoms in total. The molecule has 0 aliphatic heterocycles. The van der Waals surface area contributed by atoms with E-state index in [0.717, 1.165) is 40.2 Å². The lowest BCUT2D eigenvalue weighted by molar-refractivity contribution is -0.885. The SMILES string of the molecule is C[NH+](CC(=O)Nc1sc2c(c1C(N)=O)CCC2)Cc1ccc(F)cc1. The Morgan fingerprint density at radius 2 is 2.00 bits per heavy atom. The fourth-order valence-electron chi connectivity index (χ4n) is 3.21. The van der Waals surface area contributed by atoms with Crippen LogP contribution in [0.2, 0.25) is 0 Å². The molecule has 1 aromatic heterocycles. The van der Waals surface area contributed by atoms with E-state index in [1.54, 1.807) is 12.1 Å². The number of aryl methyl sites for hydroxylation is 1. The minimum absolute atomic E-state index is 0.165. The van der Waals surface area contributed by atoms with Crippen LogP contribution in [-0.4, -0.2) is 25.4 Å². The smallest absolute Gasteiger partial charge is 0.280 e. The largest absolute Gasteiger partial charge is 0.365 e. The summed E-state index contributed by atoms with van der Waals surface area (Å²) in [5.74, 6) is -0.923. The van der Waals surface area contributed by atoms with Crippen LogP contribution in [0.25, 0.3) is 0 Å². The van der Waals surface area contributed by atoms with Crippen LogP contribution in [-0.2, 0) is 24.2 Å². The van der Waals surface area contributed by atoms with Gasteiger partial charge in [0.1, 0.15) is 17.4 Å². The lowest BCUT2D eigenvalue weighted by atomic mass is 10.1. The fourth-order valence-corrected chi connectivity index (χ4v) is 4.52. The molecule has 3 rings (SSSR count). The third kappa shape index (κ3) is 4.05. The summed E-state index contributed by atoms with van der Waals surface area (Å²) in [6.07, 6.45) is 2.81. The molecule has 1 atom stereocenters. The first-order valence-electron chi connectivity index (χ1n) is 8.24. The Bertz CT molecular complexity index is 801. The summed E-state index contributed by atoms with van der Waals surface area (Å²) in [4.78, 5) is 26.2. The first-order valence-corrected chi connectivity index (χ1v) is 9.05. The zero-order chi connectivity index (χ0) is 18.0. The Hall–Kier alpha value is -2.25. The van der Waals surface area contributed by atoms with Crippen LogP contribution in [0, 0.1) is 5.82 Å². The molecule has 25 heavy (non-hydrogen) atoms. The second kappa shape index (κ2) is 7.33. The molecule has 0 saturated heterocycles. The Labute approximate surface area is 149 Å². The van der Waals surface area contributed by atoms with Crippen molar-refractivity contribution in [3.63, 3.8) is 0 Å². The zero-order valence-corrected chi connectivity index (χ0v) is 14.8. The van der Waals surface area contributed by atoms with E-state index in [2.05, 4.69) is 5.32 Å². The second-order valence-electron chi connectivity index (χ2n) is 6.41. The molecule has 0 saturated carbocycles. The number of benzene rings is 1. The molecule has 1 aliphatic carbocycles. The van der Waals surface area contributed by atoms with Gasteiger partial charge in [-0.3, -0.25) is 9.59 Å². The third-order valence-corrected chi connectivity index (χ3v) is 5.51. The van der Waals surface area contributed by atoms with E-state index < -0.39 is 5.91 Å². The normalized spacial score (nSPS) is 14.2. The summed E-state index contributed by atoms with van der Waals surface area (Å²) in [6.45, 7) is 0.857. The minimum Gasteiger partial charge on any atom is -0.365 e. The number of carbonyl (C=O) groups excluding carboxylic acids is 2. The highest BCUT2D eigenvalue weighted by molar-refractivity contribution is 7.17. The number of hydrogen-bond acceptors (Lipinski definition) is 3. The number of hydrogen-bond donors (Lipinski definition) is 3. The Balaban J connectivity index is 1.63. The van der Waals surface area contributed by atoms with Gasteiger partial charge in [-0.2, -0.15) is 0 Å². The molecular weight excluding hydrogens is 341 g/mol. The van der Waals surface area contributed by atoms with Gasteiger partial charge in [0.15, 0.2) is 6.54 Å². The van der Waals surface area contributed by atoms with E-state index in [0.29, 0.717) is 17.1 Å². The number of nitrogens with one attached hydrogen (secondary N) is 2. The molecule has 1 heterocycles. The maximum atomic E-state index is 12.9. The van der Waals surface area contributed by atoms with Gasteiger partial charge >= 0.3 is 0 Å². The molecule has 2 amide bonds. The average Bonchev–Trinajstić information content (AvgIpc) is 3.09. The minimum atomic E-state index is -0.485. The van der Waals surface area contributed by atoms with Crippen molar-refractivity contribution in [2.75, 3.05) is 18.9 Å². The number of quaternary nitrogens is 1. The van der Waals surface area contributed by atoms with E-state index in [-0.39, 0.29) is 18.3 Å². The van der Waals surface area contributed by atoms with Gasteiger partial charge < -0.3 is 16.0 Å². The van der Waals surface area contributed by atoms with Crippen molar-refractivity contribution in [2.24, 2.45) is 5.73 Å². The molecule has 1 unspecified atom stereocenters. The van der Waals surface area contributed by atoms with Crippen molar-refractivity contribution in [3.05, 3.63) is 51.7 Å². The molecular formula is C18H21FN3O2S+. The van der Waals surface area contributed by atoms with Gasteiger partial charge in [0.25, 0.3) is 11.8 Å². The first-order chi connectivity index (χ1) is 11.9. The van der Waals surface area contributed by atoms with Gasteiger partial charge in [0.2, 0.25) is 0 Å². The fraction of sp³-hybridized carbons (Fsp3) is 0.333. The quantitative estimate of drug-likeness (QED) is 0.720. The highest BCUT2D eigenvalue weighted by Crippen LogP contribution is 2.38. The van der Waals surface area contributed by atoms with Crippen LogP contribution in [0.15, 0.2) is 24.3 Å². The van der Waals surface area contributed by atoms with Gasteiger partial charge in [-0.15, -0.1) is 11.3 Å². The molecule has 0 bridgehead atoms. The maximum Gasteiger partial charge on any atom is 0.280 e. The lowest BCUT2D eigenvalue weighted by Gasteiger charge is -2.14. The Kier molecular flexibility index (Phi) is 5.15. The Morgan fingerprint density at radius 3 is 2.68 bits per heavy atom. The number of amides is 2. The molecule has 0 fully saturated rings. The maximum absolute atomic E-state index is 12.9. The number of primary amides is 1. The molecule has 0 spiro atoms. The molecule has 0 radical (unpaired) electrons. The summed E-state index contributed by atoms with van der Waals surface area (Å²) in [6, 6.07) is 6.25. The monoisotopic (exact) mass is 362 g/mol. The van der Waals surface area contributed by atoms with E-state index >= 15 is 0 Å². The summed E-state index contributed by atoms with van der Waals surface area (Å²) in [5, 5.41) is 3.41. The van der Waals surface area contributed by atoms with Gasteiger partial charge in [0.05, 0.1) is 12.6 Å². The van der Waals surface area contributed by atoms with Crippen molar-refractivity contribution < 1.29 is 18.9 Å². The first kappa shape index (κ1) is 17.6. The van der Waals surface area contributed by atoms with Crippen molar-refractivity contribution in [1.82, 2.24) is 0 Å². The number of likely N-dealkylation sites (N-methyl/N-ethyl adjacent to an activating group) is 1. The van der Waals surface area contributed by atoms with Crippen LogP contribution in [0.3, 0.4) is 0 Å². The number of halogens is 1. The summed E-state index contributed by atoms with van der Waals surface area (Å²) >= 11 is 1.45. The second-order valence-corrected chi connectivity index (χ2v) is 7.52. The summed E-state index contributed by atoms with van der Waals surface area (Å²) in [7, 11) is 1.90. The summed E-state index contributed by atoms with van der Waals surface area (Å²) < 4.78 is 12.9. The predicted octanol–water partition coefficient (Wildman–Crippen LogP) is 1.13. The van der Waals surface area contributed by atoms with Crippen LogP contribution in [0.4, 0.5) is 9.39 Å². The predicted molar refractivity (Wildman–Crippen MR) is 95.3 cm³/mol. The number of anilines is 1. The topological polar surface area (TPSA) is 76.6 Å². The van der Waals surface area contributed by atoms with Gasteiger partial charge in [-0.25, -0.2) is 4.39 Å². The van der Waals surface area contributed by atoms with Crippen molar-refractivity contribution in [1.29, 1.82) is 0 Å². The summed E-state index contributed by atoms with van der Waals surface area (Å²) in [5.41, 5.74) is 7.94. The van der Waals surface area contributed by atoms with E-state index in [1.807, 2.05) is 7.05 Å². The Morgan fingerprint density at radius 1 is 1.28 bits per heavy atom. The highest BCUT2D eigenvalue weighted by atomic mass is 32.1. The highest BCUT2D eigenvalue weighted by Gasteiger charge is 2.26. The van der Waals surface area contributed by atoms with E-state index in [9.17, 15) is 14.0 Å². The third-order valence-electron chi connectivity index (χ3n) is 4.30. The molecule has 1 aromatic carbocycles.